The molecule has 0 radical (unpaired) electrons. The maximum absolute atomic E-state index is 12.5. The van der Waals surface area contributed by atoms with E-state index in [0.29, 0.717) is 35.6 Å². The van der Waals surface area contributed by atoms with Crippen molar-refractivity contribution < 1.29 is 14.3 Å². The molecule has 0 unspecified atom stereocenters. The molecule has 0 aliphatic carbocycles. The molecule has 2 amide bonds. The third-order valence-corrected chi connectivity index (χ3v) is 6.02. The van der Waals surface area contributed by atoms with E-state index in [1.54, 1.807) is 17.0 Å². The van der Waals surface area contributed by atoms with E-state index in [0.717, 1.165) is 14.0 Å². The normalized spacial score (nSPS) is 12.9. The second-order valence-corrected chi connectivity index (χ2v) is 7.66. The summed E-state index contributed by atoms with van der Waals surface area (Å²) in [6, 6.07) is 9.46. The Labute approximate surface area is 162 Å². The Morgan fingerprint density at radius 2 is 2.16 bits per heavy atom. The quantitative estimate of drug-likeness (QED) is 0.685. The number of hydrogen-bond donors (Lipinski definition) is 1. The highest BCUT2D eigenvalue weighted by Gasteiger charge is 2.28. The highest BCUT2D eigenvalue weighted by molar-refractivity contribution is 14.1. The molecule has 1 aromatic heterocycles. The Kier molecular flexibility index (Phi) is 5.24. The van der Waals surface area contributed by atoms with Gasteiger partial charge in [0.05, 0.1) is 24.8 Å². The molecule has 2 heterocycles. The number of anilines is 1. The molecule has 1 aliphatic heterocycles. The highest BCUT2D eigenvalue weighted by Crippen LogP contribution is 2.37. The molecule has 25 heavy (non-hydrogen) atoms. The summed E-state index contributed by atoms with van der Waals surface area (Å²) >= 11 is 3.45. The van der Waals surface area contributed by atoms with Crippen molar-refractivity contribution in [2.24, 2.45) is 0 Å². The van der Waals surface area contributed by atoms with Crippen molar-refractivity contribution >= 4 is 50.9 Å². The van der Waals surface area contributed by atoms with Crippen LogP contribution in [0.5, 0.6) is 0 Å². The first-order valence-corrected chi connectivity index (χ1v) is 9.38. The van der Waals surface area contributed by atoms with Gasteiger partial charge in [0.1, 0.15) is 11.1 Å². The first-order chi connectivity index (χ1) is 12.0. The number of thiophene rings is 1. The smallest absolute Gasteiger partial charge is 0.409 e. The zero-order valence-electron chi connectivity index (χ0n) is 13.3. The predicted molar refractivity (Wildman–Crippen MR) is 103 cm³/mol. The SMILES string of the molecule is COC(=O)N1CCc2c(sc(NC(=O)c3ccccc3I)c2C#N)C1. The number of ether oxygens (including phenoxy) is 1. The number of hydrogen-bond acceptors (Lipinski definition) is 5. The van der Waals surface area contributed by atoms with Crippen molar-refractivity contribution in [3.8, 4) is 6.07 Å². The highest BCUT2D eigenvalue weighted by atomic mass is 127. The number of nitriles is 1. The number of carbonyl (C=O) groups is 2. The van der Waals surface area contributed by atoms with Crippen LogP contribution in [0, 0.1) is 14.9 Å². The fourth-order valence-electron chi connectivity index (χ4n) is 2.71. The predicted octanol–water partition coefficient (Wildman–Crippen LogP) is 3.60. The minimum absolute atomic E-state index is 0.245. The van der Waals surface area contributed by atoms with E-state index in [-0.39, 0.29) is 12.0 Å². The number of nitrogens with zero attached hydrogens (tertiary/aromatic N) is 2. The lowest BCUT2D eigenvalue weighted by Gasteiger charge is -2.25. The van der Waals surface area contributed by atoms with Crippen molar-refractivity contribution in [2.45, 2.75) is 13.0 Å². The lowest BCUT2D eigenvalue weighted by molar-refractivity contribution is 0.102. The fraction of sp³-hybridized carbons (Fsp3) is 0.235. The number of carbonyl (C=O) groups excluding carboxylic acids is 2. The summed E-state index contributed by atoms with van der Waals surface area (Å²) in [5, 5.41) is 12.9. The van der Waals surface area contributed by atoms with Crippen molar-refractivity contribution in [3.63, 3.8) is 0 Å². The summed E-state index contributed by atoms with van der Waals surface area (Å²) in [6.07, 6.45) is 0.185. The standard InChI is InChI=1S/C17H14IN3O3S/c1-24-17(23)21-7-6-10-12(8-19)16(25-14(10)9-21)20-15(22)11-4-2-3-5-13(11)18/h2-5H,6-7,9H2,1H3,(H,20,22). The Morgan fingerprint density at radius 3 is 2.84 bits per heavy atom. The minimum atomic E-state index is -0.387. The number of rotatable bonds is 2. The van der Waals surface area contributed by atoms with Crippen LogP contribution in [-0.4, -0.2) is 30.6 Å². The van der Waals surface area contributed by atoms with Crippen molar-refractivity contribution in [1.29, 1.82) is 5.26 Å². The third kappa shape index (κ3) is 3.48. The molecular formula is C17H14IN3O3S. The van der Waals surface area contributed by atoms with Crippen LogP contribution in [0.1, 0.15) is 26.4 Å². The molecule has 128 valence electrons. The van der Waals surface area contributed by atoms with Crippen LogP contribution in [0.15, 0.2) is 24.3 Å². The molecule has 0 bridgehead atoms. The van der Waals surface area contributed by atoms with E-state index in [4.69, 9.17) is 4.74 Å². The third-order valence-electron chi connectivity index (χ3n) is 3.95. The van der Waals surface area contributed by atoms with E-state index in [2.05, 4.69) is 34.0 Å². The molecule has 3 rings (SSSR count). The number of nitrogens with one attached hydrogen (secondary N) is 1. The number of benzene rings is 1. The van der Waals surface area contributed by atoms with Gasteiger partial charge in [-0.2, -0.15) is 5.26 Å². The first kappa shape index (κ1) is 17.7. The van der Waals surface area contributed by atoms with Crippen LogP contribution < -0.4 is 5.32 Å². The van der Waals surface area contributed by atoms with Crippen LogP contribution in [0.3, 0.4) is 0 Å². The van der Waals surface area contributed by atoms with Gasteiger partial charge in [-0.3, -0.25) is 4.79 Å². The summed E-state index contributed by atoms with van der Waals surface area (Å²) in [6.45, 7) is 0.884. The van der Waals surface area contributed by atoms with Gasteiger partial charge in [-0.05, 0) is 46.7 Å². The minimum Gasteiger partial charge on any atom is -0.453 e. The van der Waals surface area contributed by atoms with Gasteiger partial charge in [-0.1, -0.05) is 12.1 Å². The van der Waals surface area contributed by atoms with Crippen molar-refractivity contribution in [3.05, 3.63) is 49.4 Å². The summed E-state index contributed by atoms with van der Waals surface area (Å²) < 4.78 is 5.60. The van der Waals surface area contributed by atoms with Gasteiger partial charge in [0.2, 0.25) is 0 Å². The van der Waals surface area contributed by atoms with E-state index in [1.165, 1.54) is 18.4 Å². The van der Waals surface area contributed by atoms with E-state index in [9.17, 15) is 14.9 Å². The Balaban J connectivity index is 1.88. The van der Waals surface area contributed by atoms with Gasteiger partial charge in [0.15, 0.2) is 0 Å². The zero-order valence-corrected chi connectivity index (χ0v) is 16.3. The van der Waals surface area contributed by atoms with Gasteiger partial charge in [0, 0.05) is 15.0 Å². The summed E-state index contributed by atoms with van der Waals surface area (Å²) in [7, 11) is 1.35. The molecule has 1 aromatic carbocycles. The van der Waals surface area contributed by atoms with Gasteiger partial charge in [0.25, 0.3) is 5.91 Å². The monoisotopic (exact) mass is 467 g/mol. The largest absolute Gasteiger partial charge is 0.453 e. The average Bonchev–Trinajstić information content (AvgIpc) is 2.97. The van der Waals surface area contributed by atoms with Gasteiger partial charge < -0.3 is 15.0 Å². The Hall–Kier alpha value is -2.12. The van der Waals surface area contributed by atoms with Crippen LogP contribution in [0.25, 0.3) is 0 Å². The lowest BCUT2D eigenvalue weighted by Crippen LogP contribution is -2.35. The van der Waals surface area contributed by atoms with Crippen LogP contribution in [0.4, 0.5) is 9.80 Å². The number of methoxy groups -OCH3 is 1. The molecule has 0 saturated heterocycles. The molecule has 0 saturated carbocycles. The maximum atomic E-state index is 12.5. The van der Waals surface area contributed by atoms with Crippen LogP contribution in [-0.2, 0) is 17.7 Å². The topological polar surface area (TPSA) is 82.4 Å². The molecule has 1 aliphatic rings. The van der Waals surface area contributed by atoms with Gasteiger partial charge in [-0.15, -0.1) is 11.3 Å². The van der Waals surface area contributed by atoms with Gasteiger partial charge in [-0.25, -0.2) is 4.79 Å². The summed E-state index contributed by atoms with van der Waals surface area (Å²) in [4.78, 5) is 26.7. The number of amides is 2. The van der Waals surface area contributed by atoms with Crippen molar-refractivity contribution in [1.82, 2.24) is 4.90 Å². The van der Waals surface area contributed by atoms with Gasteiger partial charge >= 0.3 is 6.09 Å². The summed E-state index contributed by atoms with van der Waals surface area (Å²) in [5.41, 5.74) is 1.96. The maximum Gasteiger partial charge on any atom is 0.409 e. The van der Waals surface area contributed by atoms with E-state index >= 15 is 0 Å². The van der Waals surface area contributed by atoms with Crippen LogP contribution >= 0.6 is 33.9 Å². The molecular weight excluding hydrogens is 453 g/mol. The molecule has 0 atom stereocenters. The molecule has 0 spiro atoms. The van der Waals surface area contributed by atoms with E-state index < -0.39 is 0 Å². The summed E-state index contributed by atoms with van der Waals surface area (Å²) in [5.74, 6) is -0.245. The zero-order chi connectivity index (χ0) is 18.0. The second-order valence-electron chi connectivity index (χ2n) is 5.40. The Bertz CT molecular complexity index is 888. The average molecular weight is 467 g/mol. The Morgan fingerprint density at radius 1 is 1.40 bits per heavy atom. The van der Waals surface area contributed by atoms with Crippen molar-refractivity contribution in [2.75, 3.05) is 19.0 Å². The number of halogens is 1. The molecule has 1 N–H and O–H groups in total. The van der Waals surface area contributed by atoms with Crippen LogP contribution in [0.2, 0.25) is 0 Å². The number of fused-ring (bicyclic) bond motifs is 1. The fourth-order valence-corrected chi connectivity index (χ4v) is 4.55. The van der Waals surface area contributed by atoms with E-state index in [1.807, 2.05) is 12.1 Å². The first-order valence-electron chi connectivity index (χ1n) is 7.48. The second kappa shape index (κ2) is 7.41. The molecule has 8 heteroatoms. The molecule has 0 fully saturated rings. The molecule has 2 aromatic rings. The lowest BCUT2D eigenvalue weighted by atomic mass is 10.0. The molecule has 6 nitrogen and oxygen atoms in total.